The fourth-order valence-corrected chi connectivity index (χ4v) is 2.52. The molecule has 0 bridgehead atoms. The second-order valence-electron chi connectivity index (χ2n) is 3.53. The molecule has 1 heterocycles. The lowest BCUT2D eigenvalue weighted by molar-refractivity contribution is 0.324. The van der Waals surface area contributed by atoms with E-state index in [1.807, 2.05) is 30.0 Å². The predicted octanol–water partition coefficient (Wildman–Crippen LogP) is 3.31. The SMILES string of the molecule is CCN(CC)CCSCc1cccc(Cl)n1. The first-order chi connectivity index (χ1) is 7.76. The maximum atomic E-state index is 5.82. The van der Waals surface area contributed by atoms with Crippen molar-refractivity contribution >= 4 is 23.4 Å². The van der Waals surface area contributed by atoms with E-state index in [1.54, 1.807) is 0 Å². The molecule has 0 aromatic carbocycles. The molecule has 0 spiro atoms. The Hall–Kier alpha value is -0.250. The van der Waals surface area contributed by atoms with Gasteiger partial charge in [0.05, 0.1) is 5.69 Å². The van der Waals surface area contributed by atoms with Crippen molar-refractivity contribution < 1.29 is 0 Å². The van der Waals surface area contributed by atoms with E-state index in [4.69, 9.17) is 11.6 Å². The van der Waals surface area contributed by atoms with Gasteiger partial charge in [-0.2, -0.15) is 11.8 Å². The fraction of sp³-hybridized carbons (Fsp3) is 0.583. The van der Waals surface area contributed by atoms with Crippen molar-refractivity contribution in [1.82, 2.24) is 9.88 Å². The summed E-state index contributed by atoms with van der Waals surface area (Å²) >= 11 is 7.74. The minimum absolute atomic E-state index is 0.585. The quantitative estimate of drug-likeness (QED) is 0.551. The Balaban J connectivity index is 2.20. The second kappa shape index (κ2) is 7.93. The summed E-state index contributed by atoms with van der Waals surface area (Å²) < 4.78 is 0. The smallest absolute Gasteiger partial charge is 0.129 e. The normalized spacial score (nSPS) is 11.0. The van der Waals surface area contributed by atoms with Crippen LogP contribution in [0.4, 0.5) is 0 Å². The highest BCUT2D eigenvalue weighted by molar-refractivity contribution is 7.98. The molecule has 0 radical (unpaired) electrons. The maximum Gasteiger partial charge on any atom is 0.129 e. The molecule has 0 aliphatic heterocycles. The van der Waals surface area contributed by atoms with E-state index in [9.17, 15) is 0 Å². The summed E-state index contributed by atoms with van der Waals surface area (Å²) in [6.07, 6.45) is 0. The van der Waals surface area contributed by atoms with Gasteiger partial charge in [-0.1, -0.05) is 31.5 Å². The number of thioether (sulfide) groups is 1. The van der Waals surface area contributed by atoms with Crippen LogP contribution in [0.15, 0.2) is 18.2 Å². The molecule has 0 fully saturated rings. The average Bonchev–Trinajstić information content (AvgIpc) is 2.29. The van der Waals surface area contributed by atoms with Crippen molar-refractivity contribution in [1.29, 1.82) is 0 Å². The molecule has 0 saturated carbocycles. The second-order valence-corrected chi connectivity index (χ2v) is 5.02. The van der Waals surface area contributed by atoms with E-state index >= 15 is 0 Å². The molecule has 90 valence electrons. The van der Waals surface area contributed by atoms with Gasteiger partial charge in [0.15, 0.2) is 0 Å². The van der Waals surface area contributed by atoms with Crippen molar-refractivity contribution in [3.05, 3.63) is 29.0 Å². The van der Waals surface area contributed by atoms with E-state index in [0.717, 1.165) is 36.8 Å². The van der Waals surface area contributed by atoms with Gasteiger partial charge in [-0.05, 0) is 25.2 Å². The number of rotatable bonds is 7. The number of hydrogen-bond donors (Lipinski definition) is 0. The van der Waals surface area contributed by atoms with Crippen molar-refractivity contribution in [2.24, 2.45) is 0 Å². The van der Waals surface area contributed by atoms with Gasteiger partial charge < -0.3 is 4.90 Å². The molecule has 1 rings (SSSR count). The Labute approximate surface area is 107 Å². The minimum Gasteiger partial charge on any atom is -0.303 e. The summed E-state index contributed by atoms with van der Waals surface area (Å²) in [4.78, 5) is 6.69. The topological polar surface area (TPSA) is 16.1 Å². The van der Waals surface area contributed by atoms with E-state index < -0.39 is 0 Å². The molecule has 0 saturated heterocycles. The number of halogens is 1. The Morgan fingerprint density at radius 3 is 2.69 bits per heavy atom. The van der Waals surface area contributed by atoms with Gasteiger partial charge >= 0.3 is 0 Å². The molecule has 2 nitrogen and oxygen atoms in total. The molecule has 1 aromatic rings. The van der Waals surface area contributed by atoms with Crippen molar-refractivity contribution in [2.45, 2.75) is 19.6 Å². The van der Waals surface area contributed by atoms with Crippen LogP contribution in [0.2, 0.25) is 5.15 Å². The van der Waals surface area contributed by atoms with E-state index in [-0.39, 0.29) is 0 Å². The highest BCUT2D eigenvalue weighted by atomic mass is 35.5. The molecule has 0 aliphatic carbocycles. The van der Waals surface area contributed by atoms with Gasteiger partial charge in [0.25, 0.3) is 0 Å². The fourth-order valence-electron chi connectivity index (χ4n) is 1.44. The van der Waals surface area contributed by atoms with E-state index in [2.05, 4.69) is 23.7 Å². The van der Waals surface area contributed by atoms with Crippen LogP contribution in [0.1, 0.15) is 19.5 Å². The lowest BCUT2D eigenvalue weighted by Crippen LogP contribution is -2.25. The number of hydrogen-bond acceptors (Lipinski definition) is 3. The van der Waals surface area contributed by atoms with Crippen LogP contribution in [-0.4, -0.2) is 35.3 Å². The Kier molecular flexibility index (Phi) is 6.85. The van der Waals surface area contributed by atoms with Gasteiger partial charge in [-0.15, -0.1) is 0 Å². The molecule has 0 aliphatic rings. The summed E-state index contributed by atoms with van der Waals surface area (Å²) in [6, 6.07) is 5.79. The highest BCUT2D eigenvalue weighted by Gasteiger charge is 2.00. The van der Waals surface area contributed by atoms with Crippen LogP contribution in [0.5, 0.6) is 0 Å². The van der Waals surface area contributed by atoms with Gasteiger partial charge in [0.2, 0.25) is 0 Å². The van der Waals surface area contributed by atoms with Gasteiger partial charge in [0.1, 0.15) is 5.15 Å². The zero-order valence-electron chi connectivity index (χ0n) is 9.95. The zero-order chi connectivity index (χ0) is 11.8. The maximum absolute atomic E-state index is 5.82. The van der Waals surface area contributed by atoms with Crippen LogP contribution < -0.4 is 0 Å². The lowest BCUT2D eigenvalue weighted by Gasteiger charge is -2.17. The summed E-state index contributed by atoms with van der Waals surface area (Å²) in [5.41, 5.74) is 1.07. The summed E-state index contributed by atoms with van der Waals surface area (Å²) in [5.74, 6) is 2.09. The number of pyridine rings is 1. The number of nitrogens with zero attached hydrogens (tertiary/aromatic N) is 2. The van der Waals surface area contributed by atoms with Crippen LogP contribution >= 0.6 is 23.4 Å². The molecule has 16 heavy (non-hydrogen) atoms. The number of aromatic nitrogens is 1. The molecule has 0 N–H and O–H groups in total. The molecular formula is C12H19ClN2S. The van der Waals surface area contributed by atoms with Gasteiger partial charge in [0, 0.05) is 18.1 Å². The predicted molar refractivity (Wildman–Crippen MR) is 73.2 cm³/mol. The van der Waals surface area contributed by atoms with Gasteiger partial charge in [-0.25, -0.2) is 4.98 Å². The van der Waals surface area contributed by atoms with Crippen molar-refractivity contribution in [3.8, 4) is 0 Å². The van der Waals surface area contributed by atoms with Crippen molar-refractivity contribution in [3.63, 3.8) is 0 Å². The largest absolute Gasteiger partial charge is 0.303 e. The third-order valence-corrected chi connectivity index (χ3v) is 3.65. The minimum atomic E-state index is 0.585. The Morgan fingerprint density at radius 1 is 1.31 bits per heavy atom. The Morgan fingerprint density at radius 2 is 2.06 bits per heavy atom. The van der Waals surface area contributed by atoms with Crippen LogP contribution in [0, 0.1) is 0 Å². The third-order valence-electron chi connectivity index (χ3n) is 2.47. The average molecular weight is 259 g/mol. The van der Waals surface area contributed by atoms with E-state index in [1.165, 1.54) is 0 Å². The summed E-state index contributed by atoms with van der Waals surface area (Å²) in [5, 5.41) is 0.585. The first-order valence-electron chi connectivity index (χ1n) is 5.67. The van der Waals surface area contributed by atoms with Gasteiger partial charge in [-0.3, -0.25) is 0 Å². The zero-order valence-corrected chi connectivity index (χ0v) is 11.5. The highest BCUT2D eigenvalue weighted by Crippen LogP contribution is 2.12. The first-order valence-corrected chi connectivity index (χ1v) is 7.21. The molecule has 0 atom stereocenters. The van der Waals surface area contributed by atoms with Crippen LogP contribution in [0.3, 0.4) is 0 Å². The molecule has 4 heteroatoms. The first kappa shape index (κ1) is 13.8. The molecule has 0 amide bonds. The summed E-state index contributed by atoms with van der Waals surface area (Å²) in [7, 11) is 0. The van der Waals surface area contributed by atoms with Crippen molar-refractivity contribution in [2.75, 3.05) is 25.4 Å². The lowest BCUT2D eigenvalue weighted by atomic mass is 10.4. The molecule has 1 aromatic heterocycles. The monoisotopic (exact) mass is 258 g/mol. The van der Waals surface area contributed by atoms with Crippen LogP contribution in [-0.2, 0) is 5.75 Å². The Bertz CT molecular complexity index is 303. The molecule has 0 unspecified atom stereocenters. The van der Waals surface area contributed by atoms with Crippen LogP contribution in [0.25, 0.3) is 0 Å². The van der Waals surface area contributed by atoms with E-state index in [0.29, 0.717) is 5.15 Å². The summed E-state index contributed by atoms with van der Waals surface area (Å²) in [6.45, 7) is 7.82. The molecular weight excluding hydrogens is 240 g/mol. The third kappa shape index (κ3) is 5.19. The standard InChI is InChI=1S/C12H19ClN2S/c1-3-15(4-2)8-9-16-10-11-6-5-7-12(13)14-11/h5-7H,3-4,8-10H2,1-2H3.